The van der Waals surface area contributed by atoms with Crippen LogP contribution in [0.25, 0.3) is 0 Å². The first-order valence-corrected chi connectivity index (χ1v) is 12.4. The van der Waals surface area contributed by atoms with E-state index in [1.807, 2.05) is 0 Å². The molecule has 1 heterocycles. The van der Waals surface area contributed by atoms with Crippen molar-refractivity contribution in [1.82, 2.24) is 9.62 Å². The van der Waals surface area contributed by atoms with Crippen molar-refractivity contribution in [3.63, 3.8) is 0 Å². The van der Waals surface area contributed by atoms with Gasteiger partial charge in [-0.05, 0) is 55.9 Å². The summed E-state index contributed by atoms with van der Waals surface area (Å²) in [6.45, 7) is 2.32. The van der Waals surface area contributed by atoms with Gasteiger partial charge in [0.1, 0.15) is 5.75 Å². The quantitative estimate of drug-likeness (QED) is 0.637. The van der Waals surface area contributed by atoms with Crippen molar-refractivity contribution >= 4 is 21.9 Å². The summed E-state index contributed by atoms with van der Waals surface area (Å²) in [4.78, 5) is 24.7. The molecule has 172 valence electrons. The topological polar surface area (TPSA) is 102 Å². The maximum absolute atomic E-state index is 12.8. The van der Waals surface area contributed by atoms with E-state index >= 15 is 0 Å². The number of piperidine rings is 1. The second-order valence-electron chi connectivity index (χ2n) is 8.40. The Kier molecular flexibility index (Phi) is 7.94. The van der Waals surface area contributed by atoms with Crippen LogP contribution in [-0.4, -0.2) is 57.4 Å². The number of benzene rings is 1. The fourth-order valence-corrected chi connectivity index (χ4v) is 5.73. The molecule has 8 nitrogen and oxygen atoms in total. The molecule has 1 aliphatic carbocycles. The molecule has 1 saturated heterocycles. The minimum absolute atomic E-state index is 0.145. The predicted molar refractivity (Wildman–Crippen MR) is 115 cm³/mol. The highest BCUT2D eigenvalue weighted by molar-refractivity contribution is 7.89. The Morgan fingerprint density at radius 1 is 1.06 bits per heavy atom. The van der Waals surface area contributed by atoms with Gasteiger partial charge >= 0.3 is 5.97 Å². The smallest absolute Gasteiger partial charge is 0.309 e. The van der Waals surface area contributed by atoms with Crippen LogP contribution >= 0.6 is 0 Å². The van der Waals surface area contributed by atoms with Crippen LogP contribution in [0.2, 0.25) is 0 Å². The fourth-order valence-electron chi connectivity index (χ4n) is 4.26. The first kappa shape index (κ1) is 23.5. The lowest BCUT2D eigenvalue weighted by atomic mass is 9.86. The maximum Gasteiger partial charge on any atom is 0.309 e. The summed E-state index contributed by atoms with van der Waals surface area (Å²) >= 11 is 0. The summed E-state index contributed by atoms with van der Waals surface area (Å²) in [5.74, 6) is -0.0866. The Hall–Kier alpha value is -2.13. The Labute approximate surface area is 184 Å². The molecule has 0 aromatic heterocycles. The summed E-state index contributed by atoms with van der Waals surface area (Å²) in [7, 11) is -2.10. The van der Waals surface area contributed by atoms with Crippen molar-refractivity contribution in [2.24, 2.45) is 11.8 Å². The Bertz CT molecular complexity index is 862. The second-order valence-corrected chi connectivity index (χ2v) is 10.3. The average Bonchev–Trinajstić information content (AvgIpc) is 2.79. The number of ether oxygens (including phenoxy) is 2. The standard InChI is InChI=1S/C22H32N2O6S/c1-16-5-3-4-6-20(16)23-21(25)15-30-22(26)17-11-13-24(14-12-17)31(27,28)19-9-7-18(29-2)8-10-19/h7-10,16-17,20H,3-6,11-15H2,1-2H3,(H,23,25). The van der Waals surface area contributed by atoms with E-state index in [0.717, 1.165) is 19.3 Å². The van der Waals surface area contributed by atoms with Gasteiger partial charge in [0, 0.05) is 19.1 Å². The number of carbonyl (C=O) groups excluding carboxylic acids is 2. The van der Waals surface area contributed by atoms with Gasteiger partial charge in [-0.2, -0.15) is 4.31 Å². The van der Waals surface area contributed by atoms with E-state index in [0.29, 0.717) is 24.5 Å². The average molecular weight is 453 g/mol. The zero-order valence-electron chi connectivity index (χ0n) is 18.2. The van der Waals surface area contributed by atoms with Crippen LogP contribution < -0.4 is 10.1 Å². The third-order valence-electron chi connectivity index (χ3n) is 6.29. The van der Waals surface area contributed by atoms with Crippen molar-refractivity contribution in [1.29, 1.82) is 0 Å². The van der Waals surface area contributed by atoms with Crippen LogP contribution in [0.4, 0.5) is 0 Å². The predicted octanol–water partition coefficient (Wildman–Crippen LogP) is 2.33. The van der Waals surface area contributed by atoms with Gasteiger partial charge in [-0.3, -0.25) is 9.59 Å². The molecule has 0 spiro atoms. The third-order valence-corrected chi connectivity index (χ3v) is 8.20. The monoisotopic (exact) mass is 452 g/mol. The van der Waals surface area contributed by atoms with Crippen LogP contribution in [0.3, 0.4) is 0 Å². The molecule has 2 atom stereocenters. The van der Waals surface area contributed by atoms with E-state index in [4.69, 9.17) is 9.47 Å². The van der Waals surface area contributed by atoms with E-state index in [-0.39, 0.29) is 36.5 Å². The van der Waals surface area contributed by atoms with Gasteiger partial charge in [0.25, 0.3) is 5.91 Å². The highest BCUT2D eigenvalue weighted by Crippen LogP contribution is 2.26. The summed E-state index contributed by atoms with van der Waals surface area (Å²) in [6.07, 6.45) is 5.10. The fraction of sp³-hybridized carbons (Fsp3) is 0.636. The largest absolute Gasteiger partial charge is 0.497 e. The van der Waals surface area contributed by atoms with Crippen LogP contribution in [0.15, 0.2) is 29.2 Å². The summed E-state index contributed by atoms with van der Waals surface area (Å²) in [5.41, 5.74) is 0. The molecule has 1 saturated carbocycles. The molecule has 1 N–H and O–H groups in total. The van der Waals surface area contributed by atoms with Gasteiger partial charge in [-0.1, -0.05) is 19.8 Å². The van der Waals surface area contributed by atoms with Crippen LogP contribution in [0.1, 0.15) is 45.4 Å². The SMILES string of the molecule is COc1ccc(S(=O)(=O)N2CCC(C(=O)OCC(=O)NC3CCCCC3C)CC2)cc1. The lowest BCUT2D eigenvalue weighted by Gasteiger charge is -2.30. The maximum atomic E-state index is 12.8. The molecule has 3 rings (SSSR count). The Morgan fingerprint density at radius 2 is 1.71 bits per heavy atom. The number of nitrogens with zero attached hydrogens (tertiary/aromatic N) is 1. The lowest BCUT2D eigenvalue weighted by molar-refractivity contribution is -0.154. The molecule has 2 fully saturated rings. The molecule has 1 aliphatic heterocycles. The van der Waals surface area contributed by atoms with E-state index in [1.54, 1.807) is 12.1 Å². The molecular weight excluding hydrogens is 420 g/mol. The highest BCUT2D eigenvalue weighted by atomic mass is 32.2. The van der Waals surface area contributed by atoms with Crippen molar-refractivity contribution in [2.75, 3.05) is 26.8 Å². The van der Waals surface area contributed by atoms with Crippen molar-refractivity contribution in [3.05, 3.63) is 24.3 Å². The number of carbonyl (C=O) groups is 2. The number of nitrogens with one attached hydrogen (secondary N) is 1. The van der Waals surface area contributed by atoms with E-state index < -0.39 is 21.9 Å². The molecule has 9 heteroatoms. The third kappa shape index (κ3) is 5.98. The number of hydrogen-bond donors (Lipinski definition) is 1. The Balaban J connectivity index is 1.45. The van der Waals surface area contributed by atoms with E-state index in [9.17, 15) is 18.0 Å². The molecule has 2 aliphatic rings. The molecule has 2 unspecified atom stereocenters. The lowest BCUT2D eigenvalue weighted by Crippen LogP contribution is -2.44. The van der Waals surface area contributed by atoms with Crippen molar-refractivity contribution in [3.8, 4) is 5.75 Å². The number of hydrogen-bond acceptors (Lipinski definition) is 6. The number of sulfonamides is 1. The van der Waals surface area contributed by atoms with Crippen LogP contribution in [0, 0.1) is 11.8 Å². The Morgan fingerprint density at radius 3 is 2.32 bits per heavy atom. The summed E-state index contributed by atoms with van der Waals surface area (Å²) in [6, 6.07) is 6.39. The number of methoxy groups -OCH3 is 1. The number of amides is 1. The highest BCUT2D eigenvalue weighted by Gasteiger charge is 2.33. The van der Waals surface area contributed by atoms with Crippen molar-refractivity contribution < 1.29 is 27.5 Å². The molecule has 1 aromatic carbocycles. The van der Waals surface area contributed by atoms with E-state index in [1.165, 1.54) is 30.0 Å². The normalized spacial score (nSPS) is 23.2. The molecule has 0 radical (unpaired) electrons. The molecular formula is C22H32N2O6S. The minimum atomic E-state index is -3.62. The van der Waals surface area contributed by atoms with Crippen LogP contribution in [-0.2, 0) is 24.3 Å². The summed E-state index contributed by atoms with van der Waals surface area (Å²) in [5, 5.41) is 2.97. The zero-order valence-corrected chi connectivity index (χ0v) is 19.0. The summed E-state index contributed by atoms with van der Waals surface area (Å²) < 4.78 is 37.3. The van der Waals surface area contributed by atoms with E-state index in [2.05, 4.69) is 12.2 Å². The van der Waals surface area contributed by atoms with Gasteiger partial charge in [-0.15, -0.1) is 0 Å². The van der Waals surface area contributed by atoms with Crippen LogP contribution in [0.5, 0.6) is 5.75 Å². The van der Waals surface area contributed by atoms with Gasteiger partial charge in [-0.25, -0.2) is 8.42 Å². The first-order chi connectivity index (χ1) is 14.8. The molecule has 0 bridgehead atoms. The first-order valence-electron chi connectivity index (χ1n) is 10.9. The van der Waals surface area contributed by atoms with Gasteiger partial charge in [0.05, 0.1) is 17.9 Å². The van der Waals surface area contributed by atoms with Gasteiger partial charge < -0.3 is 14.8 Å². The molecule has 1 amide bonds. The molecule has 1 aromatic rings. The minimum Gasteiger partial charge on any atom is -0.497 e. The van der Waals surface area contributed by atoms with Crippen molar-refractivity contribution in [2.45, 2.75) is 56.4 Å². The number of esters is 1. The van der Waals surface area contributed by atoms with Gasteiger partial charge in [0.2, 0.25) is 10.0 Å². The van der Waals surface area contributed by atoms with Gasteiger partial charge in [0.15, 0.2) is 6.61 Å². The molecule has 31 heavy (non-hydrogen) atoms. The zero-order chi connectivity index (χ0) is 22.4. The second kappa shape index (κ2) is 10.5. The number of rotatable bonds is 7.